The van der Waals surface area contributed by atoms with Gasteiger partial charge in [0.1, 0.15) is 10.7 Å². The first-order valence-corrected chi connectivity index (χ1v) is 5.80. The second-order valence-electron chi connectivity index (χ2n) is 3.95. The maximum absolute atomic E-state index is 12.2. The summed E-state index contributed by atoms with van der Waals surface area (Å²) in [6, 6.07) is 6.85. The highest BCUT2D eigenvalue weighted by atomic mass is 32.1. The van der Waals surface area contributed by atoms with E-state index in [1.807, 2.05) is 0 Å². The first kappa shape index (κ1) is 11.5. The molecule has 19 heavy (non-hydrogen) atoms. The molecule has 2 heterocycles. The molecule has 2 N–H and O–H groups in total. The van der Waals surface area contributed by atoms with E-state index in [4.69, 9.17) is 12.2 Å². The number of anilines is 1. The van der Waals surface area contributed by atoms with Crippen molar-refractivity contribution in [3.05, 3.63) is 62.4 Å². The number of amides is 1. The fraction of sp³-hybridized carbons (Fsp3) is 0. The third-order valence-corrected chi connectivity index (χ3v) is 3.24. The molecule has 1 aromatic carbocycles. The maximum atomic E-state index is 12.2. The van der Waals surface area contributed by atoms with Gasteiger partial charge < -0.3 is 4.98 Å². The monoisotopic (exact) mass is 273 g/mol. The Bertz CT molecular complexity index is 786. The van der Waals surface area contributed by atoms with Crippen molar-refractivity contribution in [3.8, 4) is 0 Å². The molecule has 3 rings (SSSR count). The quantitative estimate of drug-likeness (QED) is 0.736. The molecule has 2 aromatic rings. The lowest BCUT2D eigenvalue weighted by Crippen LogP contribution is -2.36. The van der Waals surface area contributed by atoms with Gasteiger partial charge in [0, 0.05) is 11.8 Å². The molecule has 1 aromatic heterocycles. The summed E-state index contributed by atoms with van der Waals surface area (Å²) in [4.78, 5) is 40.7. The number of aromatic nitrogens is 2. The number of nitrogens with zero attached hydrogens (tertiary/aromatic N) is 1. The maximum Gasteiger partial charge on any atom is 0.325 e. The SMILES string of the molecule is O=C1c2ccccc2C(=S)N1c1c[nH]c(=O)[nH]c1=O. The van der Waals surface area contributed by atoms with Crippen LogP contribution in [0.2, 0.25) is 0 Å². The van der Waals surface area contributed by atoms with Crippen molar-refractivity contribution in [2.75, 3.05) is 4.90 Å². The third-order valence-electron chi connectivity index (χ3n) is 2.83. The van der Waals surface area contributed by atoms with Crippen LogP contribution in [0.15, 0.2) is 40.1 Å². The van der Waals surface area contributed by atoms with Gasteiger partial charge in [-0.15, -0.1) is 0 Å². The number of carbonyl (C=O) groups excluding carboxylic acids is 1. The number of benzene rings is 1. The molecule has 1 aliphatic heterocycles. The molecule has 94 valence electrons. The molecule has 0 atom stereocenters. The van der Waals surface area contributed by atoms with E-state index in [0.717, 1.165) is 4.90 Å². The van der Waals surface area contributed by atoms with Crippen molar-refractivity contribution < 1.29 is 4.79 Å². The van der Waals surface area contributed by atoms with Gasteiger partial charge in [-0.3, -0.25) is 19.5 Å². The molecule has 0 saturated carbocycles. The molecule has 0 spiro atoms. The summed E-state index contributed by atoms with van der Waals surface area (Å²) in [5.74, 6) is -0.377. The van der Waals surface area contributed by atoms with E-state index in [0.29, 0.717) is 11.1 Å². The Labute approximate surface area is 111 Å². The minimum atomic E-state index is -0.660. The van der Waals surface area contributed by atoms with E-state index in [2.05, 4.69) is 9.97 Å². The van der Waals surface area contributed by atoms with E-state index < -0.39 is 11.2 Å². The normalized spacial score (nSPS) is 13.8. The predicted molar refractivity (Wildman–Crippen MR) is 72.6 cm³/mol. The highest BCUT2D eigenvalue weighted by molar-refractivity contribution is 7.81. The topological polar surface area (TPSA) is 86.0 Å². The number of carbonyl (C=O) groups is 1. The zero-order valence-electron chi connectivity index (χ0n) is 9.47. The molecule has 1 amide bonds. The van der Waals surface area contributed by atoms with Crippen molar-refractivity contribution in [3.63, 3.8) is 0 Å². The fourth-order valence-corrected chi connectivity index (χ4v) is 2.34. The number of aromatic amines is 2. The number of thiocarbonyl (C=S) groups is 1. The van der Waals surface area contributed by atoms with E-state index in [-0.39, 0.29) is 16.6 Å². The summed E-state index contributed by atoms with van der Waals surface area (Å²) in [7, 11) is 0. The van der Waals surface area contributed by atoms with Gasteiger partial charge in [-0.05, 0) is 6.07 Å². The van der Waals surface area contributed by atoms with Gasteiger partial charge in [0.15, 0.2) is 0 Å². The van der Waals surface area contributed by atoms with Crippen LogP contribution in [0.3, 0.4) is 0 Å². The van der Waals surface area contributed by atoms with Crippen molar-refractivity contribution in [1.82, 2.24) is 9.97 Å². The number of fused-ring (bicyclic) bond motifs is 1. The molecule has 0 unspecified atom stereocenters. The average molecular weight is 273 g/mol. The molecule has 1 aliphatic rings. The summed E-state index contributed by atoms with van der Waals surface area (Å²) in [5.41, 5.74) is -0.243. The van der Waals surface area contributed by atoms with Gasteiger partial charge in [-0.1, -0.05) is 30.4 Å². The lowest BCUT2D eigenvalue weighted by molar-refractivity contribution is 0.101. The summed E-state index contributed by atoms with van der Waals surface area (Å²) in [6.45, 7) is 0. The Morgan fingerprint density at radius 3 is 2.37 bits per heavy atom. The number of hydrogen-bond donors (Lipinski definition) is 2. The second-order valence-corrected chi connectivity index (χ2v) is 4.34. The lowest BCUT2D eigenvalue weighted by Gasteiger charge is -2.13. The second kappa shape index (κ2) is 3.99. The van der Waals surface area contributed by atoms with Crippen LogP contribution in [0.25, 0.3) is 0 Å². The van der Waals surface area contributed by atoms with Gasteiger partial charge >= 0.3 is 5.69 Å². The smallest absolute Gasteiger partial charge is 0.312 e. The van der Waals surface area contributed by atoms with Gasteiger partial charge in [0.2, 0.25) is 0 Å². The number of rotatable bonds is 1. The molecular formula is C12H7N3O3S. The fourth-order valence-electron chi connectivity index (χ4n) is 1.98. The van der Waals surface area contributed by atoms with Gasteiger partial charge in [-0.25, -0.2) is 4.79 Å². The number of H-pyrrole nitrogens is 2. The number of hydrogen-bond acceptors (Lipinski definition) is 4. The molecular weight excluding hydrogens is 266 g/mol. The molecule has 0 aliphatic carbocycles. The first-order valence-electron chi connectivity index (χ1n) is 5.39. The Morgan fingerprint density at radius 1 is 1.05 bits per heavy atom. The Kier molecular flexibility index (Phi) is 2.42. The molecule has 0 saturated heterocycles. The van der Waals surface area contributed by atoms with Crippen LogP contribution < -0.4 is 16.1 Å². The van der Waals surface area contributed by atoms with E-state index in [1.54, 1.807) is 24.3 Å². The van der Waals surface area contributed by atoms with E-state index in [9.17, 15) is 14.4 Å². The summed E-state index contributed by atoms with van der Waals surface area (Å²) in [5, 5.41) is 0. The van der Waals surface area contributed by atoms with Crippen molar-refractivity contribution in [2.24, 2.45) is 0 Å². The third kappa shape index (κ3) is 1.63. The predicted octanol–water partition coefficient (Wildman–Crippen LogP) is 0.399. The van der Waals surface area contributed by atoms with E-state index in [1.165, 1.54) is 6.20 Å². The Hall–Kier alpha value is -2.54. The average Bonchev–Trinajstić information content (AvgIpc) is 2.64. The van der Waals surface area contributed by atoms with Gasteiger partial charge in [-0.2, -0.15) is 0 Å². The zero-order valence-corrected chi connectivity index (χ0v) is 10.3. The Balaban J connectivity index is 2.19. The zero-order chi connectivity index (χ0) is 13.6. The molecule has 6 nitrogen and oxygen atoms in total. The number of nitrogens with one attached hydrogen (secondary N) is 2. The van der Waals surface area contributed by atoms with Crippen LogP contribution in [-0.4, -0.2) is 20.9 Å². The van der Waals surface area contributed by atoms with Crippen molar-refractivity contribution >= 4 is 28.8 Å². The van der Waals surface area contributed by atoms with Crippen LogP contribution in [0, 0.1) is 0 Å². The van der Waals surface area contributed by atoms with Crippen LogP contribution in [0.1, 0.15) is 15.9 Å². The molecule has 0 radical (unpaired) electrons. The van der Waals surface area contributed by atoms with Crippen molar-refractivity contribution in [2.45, 2.75) is 0 Å². The van der Waals surface area contributed by atoms with E-state index >= 15 is 0 Å². The Morgan fingerprint density at radius 2 is 1.74 bits per heavy atom. The van der Waals surface area contributed by atoms with Crippen LogP contribution in [-0.2, 0) is 0 Å². The van der Waals surface area contributed by atoms with Crippen LogP contribution in [0.5, 0.6) is 0 Å². The van der Waals surface area contributed by atoms with Gasteiger partial charge in [0.05, 0.1) is 5.56 Å². The van der Waals surface area contributed by atoms with Crippen molar-refractivity contribution in [1.29, 1.82) is 0 Å². The van der Waals surface area contributed by atoms with Crippen LogP contribution >= 0.6 is 12.2 Å². The summed E-state index contributed by atoms with van der Waals surface area (Å²) >= 11 is 5.21. The summed E-state index contributed by atoms with van der Waals surface area (Å²) in [6.07, 6.45) is 1.18. The lowest BCUT2D eigenvalue weighted by atomic mass is 10.1. The minimum Gasteiger partial charge on any atom is -0.312 e. The molecule has 0 bridgehead atoms. The highest BCUT2D eigenvalue weighted by Gasteiger charge is 2.34. The highest BCUT2D eigenvalue weighted by Crippen LogP contribution is 2.26. The minimum absolute atomic E-state index is 0.00537. The first-order chi connectivity index (χ1) is 9.09. The largest absolute Gasteiger partial charge is 0.325 e. The van der Waals surface area contributed by atoms with Crippen LogP contribution in [0.4, 0.5) is 5.69 Å². The summed E-state index contributed by atoms with van der Waals surface area (Å²) < 4.78 is 0. The molecule has 7 heteroatoms. The van der Waals surface area contributed by atoms with Gasteiger partial charge in [0.25, 0.3) is 11.5 Å². The molecule has 0 fully saturated rings. The standard InChI is InChI=1S/C12H7N3O3S/c16-9-8(5-13-12(18)14-9)15-10(17)6-3-1-2-4-7(6)11(15)19/h1-5H,(H2,13,14,16,18).